The second-order valence-electron chi connectivity index (χ2n) is 3.70. The smallest absolute Gasteiger partial charge is 0.338 e. The van der Waals surface area contributed by atoms with Crippen LogP contribution in [0, 0.1) is 5.82 Å². The summed E-state index contributed by atoms with van der Waals surface area (Å²) in [6, 6.07) is 4.38. The number of aryl methyl sites for hydroxylation is 1. The van der Waals surface area contributed by atoms with Crippen LogP contribution in [-0.2, 0) is 12.2 Å². The van der Waals surface area contributed by atoms with E-state index in [1.165, 1.54) is 29.4 Å². The summed E-state index contributed by atoms with van der Waals surface area (Å²) in [5.74, 6) is -0.825. The van der Waals surface area contributed by atoms with E-state index in [1.807, 2.05) is 6.92 Å². The van der Waals surface area contributed by atoms with Gasteiger partial charge in [-0.05, 0) is 23.2 Å². The first-order chi connectivity index (χ1) is 9.11. The van der Waals surface area contributed by atoms with E-state index >= 15 is 0 Å². The number of nitrogens with zero attached hydrogens (tertiary/aromatic N) is 2. The van der Waals surface area contributed by atoms with Gasteiger partial charge in [0.2, 0.25) is 0 Å². The number of aromatic nitrogens is 2. The normalized spacial score (nSPS) is 10.6. The van der Waals surface area contributed by atoms with E-state index in [-0.39, 0.29) is 5.56 Å². The summed E-state index contributed by atoms with van der Waals surface area (Å²) < 4.78 is 18.8. The van der Waals surface area contributed by atoms with Crippen LogP contribution in [0.1, 0.15) is 28.7 Å². The first kappa shape index (κ1) is 14.0. The largest absolute Gasteiger partial charge is 0.478 e. The highest BCUT2D eigenvalue weighted by Crippen LogP contribution is 2.26. The standard InChI is InChI=1S/C12H11FN2O2S2/c1-2-9-14-12(19-15-9)18-6-7-4-3-5-8(10(7)13)11(16)17/h3-5H,2,6H2,1H3,(H,16,17). The van der Waals surface area contributed by atoms with Crippen LogP contribution < -0.4 is 0 Å². The van der Waals surface area contributed by atoms with Gasteiger partial charge in [0.05, 0.1) is 5.56 Å². The summed E-state index contributed by atoms with van der Waals surface area (Å²) >= 11 is 2.63. The molecular formula is C12H11FN2O2S2. The molecule has 0 radical (unpaired) electrons. The molecule has 1 N–H and O–H groups in total. The Kier molecular flexibility index (Phi) is 4.49. The van der Waals surface area contributed by atoms with E-state index in [4.69, 9.17) is 5.11 Å². The molecule has 1 aromatic heterocycles. The first-order valence-electron chi connectivity index (χ1n) is 5.58. The third-order valence-corrected chi connectivity index (χ3v) is 4.35. The minimum Gasteiger partial charge on any atom is -0.478 e. The quantitative estimate of drug-likeness (QED) is 0.859. The molecule has 100 valence electrons. The lowest BCUT2D eigenvalue weighted by molar-refractivity contribution is 0.0691. The van der Waals surface area contributed by atoms with Crippen molar-refractivity contribution in [2.24, 2.45) is 0 Å². The fraction of sp³-hybridized carbons (Fsp3) is 0.250. The van der Waals surface area contributed by atoms with Gasteiger partial charge in [0.25, 0.3) is 0 Å². The summed E-state index contributed by atoms with van der Waals surface area (Å²) in [6.45, 7) is 1.96. The number of rotatable bonds is 5. The van der Waals surface area contributed by atoms with Gasteiger partial charge in [-0.1, -0.05) is 30.8 Å². The Morgan fingerprint density at radius 2 is 2.32 bits per heavy atom. The Morgan fingerprint density at radius 1 is 1.53 bits per heavy atom. The Balaban J connectivity index is 2.11. The molecule has 0 saturated carbocycles. The van der Waals surface area contributed by atoms with Crippen molar-refractivity contribution in [1.82, 2.24) is 9.36 Å². The van der Waals surface area contributed by atoms with Crippen molar-refractivity contribution in [2.75, 3.05) is 0 Å². The number of carboxylic acid groups (broad SMARTS) is 1. The van der Waals surface area contributed by atoms with Crippen LogP contribution in [0.25, 0.3) is 0 Å². The zero-order chi connectivity index (χ0) is 13.8. The van der Waals surface area contributed by atoms with Gasteiger partial charge in [-0.3, -0.25) is 0 Å². The van der Waals surface area contributed by atoms with Gasteiger partial charge in [-0.25, -0.2) is 14.2 Å². The molecule has 2 rings (SSSR count). The summed E-state index contributed by atoms with van der Waals surface area (Å²) in [5, 5.41) is 8.84. The number of thioether (sulfide) groups is 1. The van der Waals surface area contributed by atoms with Gasteiger partial charge in [0.15, 0.2) is 4.34 Å². The van der Waals surface area contributed by atoms with E-state index in [9.17, 15) is 9.18 Å². The van der Waals surface area contributed by atoms with Crippen LogP contribution >= 0.6 is 23.3 Å². The fourth-order valence-electron chi connectivity index (χ4n) is 1.44. The number of halogens is 1. The average molecular weight is 298 g/mol. The Bertz CT molecular complexity index is 601. The van der Waals surface area contributed by atoms with Crippen LogP contribution in [0.4, 0.5) is 4.39 Å². The average Bonchev–Trinajstić information content (AvgIpc) is 2.85. The zero-order valence-corrected chi connectivity index (χ0v) is 11.7. The van der Waals surface area contributed by atoms with Crippen molar-refractivity contribution in [3.63, 3.8) is 0 Å². The number of benzene rings is 1. The molecule has 0 atom stereocenters. The summed E-state index contributed by atoms with van der Waals surface area (Å²) in [5.41, 5.74) is 0.0581. The second kappa shape index (κ2) is 6.12. The lowest BCUT2D eigenvalue weighted by atomic mass is 10.1. The molecule has 0 aliphatic carbocycles. The molecule has 0 bridgehead atoms. The van der Waals surface area contributed by atoms with Crippen LogP contribution in [0.5, 0.6) is 0 Å². The van der Waals surface area contributed by atoms with Crippen molar-refractivity contribution in [3.8, 4) is 0 Å². The van der Waals surface area contributed by atoms with E-state index < -0.39 is 11.8 Å². The van der Waals surface area contributed by atoms with Gasteiger partial charge < -0.3 is 5.11 Å². The van der Waals surface area contributed by atoms with Crippen molar-refractivity contribution < 1.29 is 14.3 Å². The maximum absolute atomic E-state index is 13.9. The van der Waals surface area contributed by atoms with Crippen molar-refractivity contribution >= 4 is 29.3 Å². The van der Waals surface area contributed by atoms with Crippen LogP contribution in [0.15, 0.2) is 22.5 Å². The van der Waals surface area contributed by atoms with Crippen molar-refractivity contribution in [1.29, 1.82) is 0 Å². The number of carbonyl (C=O) groups is 1. The molecule has 0 saturated heterocycles. The molecular weight excluding hydrogens is 287 g/mol. The van der Waals surface area contributed by atoms with Gasteiger partial charge in [-0.15, -0.1) is 0 Å². The van der Waals surface area contributed by atoms with E-state index in [2.05, 4.69) is 9.36 Å². The molecule has 0 amide bonds. The molecule has 2 aromatic rings. The third kappa shape index (κ3) is 3.30. The number of carboxylic acids is 1. The molecule has 0 aliphatic rings. The zero-order valence-electron chi connectivity index (χ0n) is 10.1. The van der Waals surface area contributed by atoms with E-state index in [0.29, 0.717) is 11.3 Å². The number of aromatic carboxylic acids is 1. The number of hydrogen-bond donors (Lipinski definition) is 1. The highest BCUT2D eigenvalue weighted by Gasteiger charge is 2.14. The molecule has 0 spiro atoms. The summed E-state index contributed by atoms with van der Waals surface area (Å²) in [6.07, 6.45) is 0.764. The Morgan fingerprint density at radius 3 is 2.95 bits per heavy atom. The monoisotopic (exact) mass is 298 g/mol. The molecule has 4 nitrogen and oxygen atoms in total. The van der Waals surface area contributed by atoms with Crippen molar-refractivity contribution in [2.45, 2.75) is 23.4 Å². The Labute approximate surface area is 117 Å². The molecule has 0 fully saturated rings. The predicted molar refractivity (Wildman–Crippen MR) is 72.2 cm³/mol. The van der Waals surface area contributed by atoms with Crippen molar-refractivity contribution in [3.05, 3.63) is 41.0 Å². The lowest BCUT2D eigenvalue weighted by Crippen LogP contribution is -2.02. The second-order valence-corrected chi connectivity index (χ2v) is 5.68. The van der Waals surface area contributed by atoms with Gasteiger partial charge in [0, 0.05) is 12.2 Å². The predicted octanol–water partition coefficient (Wildman–Crippen LogP) is 3.23. The van der Waals surface area contributed by atoms with Gasteiger partial charge in [-0.2, -0.15) is 4.37 Å². The van der Waals surface area contributed by atoms with Crippen LogP contribution in [0.3, 0.4) is 0 Å². The minimum absolute atomic E-state index is 0.301. The molecule has 7 heteroatoms. The third-order valence-electron chi connectivity index (χ3n) is 2.43. The number of hydrogen-bond acceptors (Lipinski definition) is 5. The molecule has 1 aromatic carbocycles. The Hall–Kier alpha value is -1.47. The highest BCUT2D eigenvalue weighted by molar-refractivity contribution is 8.00. The first-order valence-corrected chi connectivity index (χ1v) is 7.33. The fourth-order valence-corrected chi connectivity index (χ4v) is 3.11. The van der Waals surface area contributed by atoms with Crippen LogP contribution in [0.2, 0.25) is 0 Å². The van der Waals surface area contributed by atoms with Gasteiger partial charge >= 0.3 is 5.97 Å². The molecule has 0 unspecified atom stereocenters. The molecule has 1 heterocycles. The SMILES string of the molecule is CCc1nsc(SCc2cccc(C(=O)O)c2F)n1. The highest BCUT2D eigenvalue weighted by atomic mass is 32.2. The summed E-state index contributed by atoms with van der Waals surface area (Å²) in [4.78, 5) is 15.1. The topological polar surface area (TPSA) is 63.1 Å². The molecule has 19 heavy (non-hydrogen) atoms. The van der Waals surface area contributed by atoms with Gasteiger partial charge in [0.1, 0.15) is 11.6 Å². The van der Waals surface area contributed by atoms with E-state index in [0.717, 1.165) is 16.6 Å². The molecule has 0 aliphatic heterocycles. The van der Waals surface area contributed by atoms with E-state index in [1.54, 1.807) is 12.1 Å². The maximum Gasteiger partial charge on any atom is 0.338 e. The van der Waals surface area contributed by atoms with Crippen LogP contribution in [-0.4, -0.2) is 20.4 Å². The minimum atomic E-state index is -1.26. The summed E-state index contributed by atoms with van der Waals surface area (Å²) in [7, 11) is 0. The maximum atomic E-state index is 13.9. The lowest BCUT2D eigenvalue weighted by Gasteiger charge is -2.03.